The van der Waals surface area contributed by atoms with Gasteiger partial charge in [0.15, 0.2) is 5.78 Å². The quantitative estimate of drug-likeness (QED) is 0.810. The molecule has 0 radical (unpaired) electrons. The summed E-state index contributed by atoms with van der Waals surface area (Å²) in [4.78, 5) is 36.6. The van der Waals surface area contributed by atoms with E-state index in [1.807, 2.05) is 13.0 Å². The first kappa shape index (κ1) is 15.2. The molecule has 112 valence electrons. The molecule has 0 spiro atoms. The number of amides is 2. The zero-order valence-corrected chi connectivity index (χ0v) is 12.4. The Morgan fingerprint density at radius 2 is 2.05 bits per heavy atom. The molecule has 1 aromatic carbocycles. The SMILES string of the molecule is CCCC(=O)NCCC(=O)c1ccc2c(c1)CC(=O)N2C. The van der Waals surface area contributed by atoms with Crippen LogP contribution in [-0.4, -0.2) is 31.2 Å². The maximum absolute atomic E-state index is 12.1. The van der Waals surface area contributed by atoms with Crippen LogP contribution < -0.4 is 10.2 Å². The number of anilines is 1. The lowest BCUT2D eigenvalue weighted by Gasteiger charge is -2.10. The van der Waals surface area contributed by atoms with E-state index in [1.54, 1.807) is 24.1 Å². The van der Waals surface area contributed by atoms with Gasteiger partial charge in [0.2, 0.25) is 11.8 Å². The molecule has 5 nitrogen and oxygen atoms in total. The van der Waals surface area contributed by atoms with Crippen LogP contribution in [0.2, 0.25) is 0 Å². The van der Waals surface area contributed by atoms with Crippen molar-refractivity contribution in [3.63, 3.8) is 0 Å². The van der Waals surface area contributed by atoms with Gasteiger partial charge < -0.3 is 10.2 Å². The molecule has 0 unspecified atom stereocenters. The van der Waals surface area contributed by atoms with Crippen molar-refractivity contribution in [2.75, 3.05) is 18.5 Å². The van der Waals surface area contributed by atoms with Gasteiger partial charge in [0.25, 0.3) is 0 Å². The number of hydrogen-bond acceptors (Lipinski definition) is 3. The Bertz CT molecular complexity index is 581. The minimum Gasteiger partial charge on any atom is -0.356 e. The lowest BCUT2D eigenvalue weighted by molar-refractivity contribution is -0.121. The molecule has 0 fully saturated rings. The lowest BCUT2D eigenvalue weighted by atomic mass is 10.0. The number of nitrogens with one attached hydrogen (secondary N) is 1. The number of Topliss-reactive ketones (excluding diaryl/α,β-unsaturated/α-hetero) is 1. The summed E-state index contributed by atoms with van der Waals surface area (Å²) in [6.45, 7) is 2.29. The highest BCUT2D eigenvalue weighted by Gasteiger charge is 2.24. The summed E-state index contributed by atoms with van der Waals surface area (Å²) < 4.78 is 0. The summed E-state index contributed by atoms with van der Waals surface area (Å²) in [6.07, 6.45) is 1.91. The van der Waals surface area contributed by atoms with Gasteiger partial charge in [-0.3, -0.25) is 14.4 Å². The molecule has 21 heavy (non-hydrogen) atoms. The molecule has 0 bridgehead atoms. The molecule has 0 aliphatic carbocycles. The number of carbonyl (C=O) groups is 3. The number of ketones is 1. The van der Waals surface area contributed by atoms with E-state index in [1.165, 1.54) is 0 Å². The highest BCUT2D eigenvalue weighted by molar-refractivity contribution is 6.03. The Morgan fingerprint density at radius 1 is 1.29 bits per heavy atom. The summed E-state index contributed by atoms with van der Waals surface area (Å²) in [5.41, 5.74) is 2.36. The van der Waals surface area contributed by atoms with Crippen molar-refractivity contribution in [3.8, 4) is 0 Å². The van der Waals surface area contributed by atoms with Gasteiger partial charge in [-0.1, -0.05) is 6.92 Å². The monoisotopic (exact) mass is 288 g/mol. The first-order chi connectivity index (χ1) is 10.0. The Hall–Kier alpha value is -2.17. The molecule has 0 atom stereocenters. The van der Waals surface area contributed by atoms with Crippen molar-refractivity contribution in [1.29, 1.82) is 0 Å². The maximum atomic E-state index is 12.1. The van der Waals surface area contributed by atoms with Crippen LogP contribution in [0.25, 0.3) is 0 Å². The van der Waals surface area contributed by atoms with Crippen LogP contribution in [0.3, 0.4) is 0 Å². The smallest absolute Gasteiger partial charge is 0.231 e. The molecule has 1 N–H and O–H groups in total. The molecule has 5 heteroatoms. The largest absolute Gasteiger partial charge is 0.356 e. The van der Waals surface area contributed by atoms with Gasteiger partial charge in [-0.2, -0.15) is 0 Å². The van der Waals surface area contributed by atoms with Crippen LogP contribution in [0.1, 0.15) is 42.1 Å². The molecular weight excluding hydrogens is 268 g/mol. The van der Waals surface area contributed by atoms with Crippen LogP contribution in [0, 0.1) is 0 Å². The minimum absolute atomic E-state index is 0.0170. The van der Waals surface area contributed by atoms with E-state index in [0.29, 0.717) is 24.9 Å². The third-order valence-corrected chi connectivity index (χ3v) is 3.63. The summed E-state index contributed by atoms with van der Waals surface area (Å²) in [6, 6.07) is 5.33. The summed E-state index contributed by atoms with van der Waals surface area (Å²) in [5.74, 6) is 0.00417. The number of fused-ring (bicyclic) bond motifs is 1. The molecule has 2 rings (SSSR count). The fourth-order valence-corrected chi connectivity index (χ4v) is 2.42. The molecular formula is C16H20N2O3. The van der Waals surface area contributed by atoms with Crippen LogP contribution in [-0.2, 0) is 16.0 Å². The van der Waals surface area contributed by atoms with Crippen LogP contribution in [0.4, 0.5) is 5.69 Å². The molecule has 1 aliphatic rings. The summed E-state index contributed by atoms with van der Waals surface area (Å²) in [5, 5.41) is 2.73. The zero-order chi connectivity index (χ0) is 15.4. The third-order valence-electron chi connectivity index (χ3n) is 3.63. The van der Waals surface area contributed by atoms with E-state index in [0.717, 1.165) is 17.7 Å². The topological polar surface area (TPSA) is 66.5 Å². The average Bonchev–Trinajstić information content (AvgIpc) is 2.74. The van der Waals surface area contributed by atoms with Gasteiger partial charge in [-0.05, 0) is 30.2 Å². The van der Waals surface area contributed by atoms with Gasteiger partial charge in [0, 0.05) is 37.7 Å². The van der Waals surface area contributed by atoms with Crippen LogP contribution >= 0.6 is 0 Å². The van der Waals surface area contributed by atoms with Crippen molar-refractivity contribution in [1.82, 2.24) is 5.32 Å². The normalized spacial score (nSPS) is 13.2. The second-order valence-corrected chi connectivity index (χ2v) is 5.25. The van der Waals surface area contributed by atoms with Crippen molar-refractivity contribution in [2.24, 2.45) is 0 Å². The predicted octanol–water partition coefficient (Wildman–Crippen LogP) is 1.69. The van der Waals surface area contributed by atoms with E-state index in [-0.39, 0.29) is 24.0 Å². The molecule has 1 heterocycles. The van der Waals surface area contributed by atoms with Gasteiger partial charge >= 0.3 is 0 Å². The van der Waals surface area contributed by atoms with Gasteiger partial charge in [0.1, 0.15) is 0 Å². The molecule has 0 saturated heterocycles. The van der Waals surface area contributed by atoms with Gasteiger partial charge in [0.05, 0.1) is 6.42 Å². The second-order valence-electron chi connectivity index (χ2n) is 5.25. The predicted molar refractivity (Wildman–Crippen MR) is 80.4 cm³/mol. The molecule has 0 saturated carbocycles. The number of benzene rings is 1. The Labute approximate surface area is 124 Å². The van der Waals surface area contributed by atoms with E-state index in [4.69, 9.17) is 0 Å². The number of likely N-dealkylation sites (N-methyl/N-ethyl adjacent to an activating group) is 1. The number of nitrogens with zero attached hydrogens (tertiary/aromatic N) is 1. The molecule has 1 aromatic rings. The summed E-state index contributed by atoms with van der Waals surface area (Å²) >= 11 is 0. The third kappa shape index (κ3) is 3.48. The molecule has 2 amide bonds. The van der Waals surface area contributed by atoms with Crippen molar-refractivity contribution < 1.29 is 14.4 Å². The Morgan fingerprint density at radius 3 is 2.76 bits per heavy atom. The second kappa shape index (κ2) is 6.52. The molecule has 1 aliphatic heterocycles. The number of rotatable bonds is 6. The van der Waals surface area contributed by atoms with E-state index >= 15 is 0 Å². The van der Waals surface area contributed by atoms with E-state index in [2.05, 4.69) is 5.32 Å². The van der Waals surface area contributed by atoms with Crippen LogP contribution in [0.5, 0.6) is 0 Å². The Kier molecular flexibility index (Phi) is 4.73. The first-order valence-corrected chi connectivity index (χ1v) is 7.22. The Balaban J connectivity index is 1.94. The number of hydrogen-bond donors (Lipinski definition) is 1. The summed E-state index contributed by atoms with van der Waals surface area (Å²) in [7, 11) is 1.74. The fourth-order valence-electron chi connectivity index (χ4n) is 2.42. The van der Waals surface area contributed by atoms with Crippen LogP contribution in [0.15, 0.2) is 18.2 Å². The van der Waals surface area contributed by atoms with Gasteiger partial charge in [-0.15, -0.1) is 0 Å². The van der Waals surface area contributed by atoms with Gasteiger partial charge in [-0.25, -0.2) is 0 Å². The fraction of sp³-hybridized carbons (Fsp3) is 0.438. The van der Waals surface area contributed by atoms with Crippen molar-refractivity contribution >= 4 is 23.3 Å². The maximum Gasteiger partial charge on any atom is 0.231 e. The molecule has 0 aromatic heterocycles. The minimum atomic E-state index is -0.0218. The average molecular weight is 288 g/mol. The highest BCUT2D eigenvalue weighted by Crippen LogP contribution is 2.28. The standard InChI is InChI=1S/C16H20N2O3/c1-3-4-15(20)17-8-7-14(19)11-5-6-13-12(9-11)10-16(21)18(13)2/h5-6,9H,3-4,7-8,10H2,1-2H3,(H,17,20). The van der Waals surface area contributed by atoms with Crippen molar-refractivity contribution in [2.45, 2.75) is 32.6 Å². The van der Waals surface area contributed by atoms with E-state index < -0.39 is 0 Å². The lowest BCUT2D eigenvalue weighted by Crippen LogP contribution is -2.25. The van der Waals surface area contributed by atoms with E-state index in [9.17, 15) is 14.4 Å². The highest BCUT2D eigenvalue weighted by atomic mass is 16.2. The zero-order valence-electron chi connectivity index (χ0n) is 12.4. The van der Waals surface area contributed by atoms with Crippen molar-refractivity contribution in [3.05, 3.63) is 29.3 Å². The number of carbonyl (C=O) groups excluding carboxylic acids is 3. The first-order valence-electron chi connectivity index (χ1n) is 7.22.